The summed E-state index contributed by atoms with van der Waals surface area (Å²) in [6.07, 6.45) is 1.86. The maximum absolute atomic E-state index is 12.3. The highest BCUT2D eigenvalue weighted by Crippen LogP contribution is 2.23. The maximum Gasteiger partial charge on any atom is 0.234 e. The fourth-order valence-electron chi connectivity index (χ4n) is 2.60. The van der Waals surface area contributed by atoms with Crippen molar-refractivity contribution in [3.05, 3.63) is 64.7 Å². The number of para-hydroxylation sites is 1. The SMILES string of the molecule is CCc1cccc(CC)c1NC(=O)CSCc1ccccc1C. The normalized spacial score (nSPS) is 10.6. The number of benzene rings is 2. The Hall–Kier alpha value is -1.74. The molecule has 0 heterocycles. The van der Waals surface area contributed by atoms with Crippen LogP contribution in [0.25, 0.3) is 0 Å². The smallest absolute Gasteiger partial charge is 0.234 e. The van der Waals surface area contributed by atoms with E-state index in [1.807, 2.05) is 12.1 Å². The van der Waals surface area contributed by atoms with Crippen molar-refractivity contribution in [2.75, 3.05) is 11.1 Å². The first-order chi connectivity index (χ1) is 11.2. The zero-order chi connectivity index (χ0) is 16.7. The number of thioether (sulfide) groups is 1. The van der Waals surface area contributed by atoms with Gasteiger partial charge in [0, 0.05) is 11.4 Å². The van der Waals surface area contributed by atoms with Crippen molar-refractivity contribution in [2.24, 2.45) is 0 Å². The predicted octanol–water partition coefficient (Wildman–Crippen LogP) is 4.99. The van der Waals surface area contributed by atoms with Crippen LogP contribution in [0, 0.1) is 6.92 Å². The fourth-order valence-corrected chi connectivity index (χ4v) is 3.51. The Kier molecular flexibility index (Phi) is 6.72. The molecule has 0 radical (unpaired) electrons. The van der Waals surface area contributed by atoms with Gasteiger partial charge in [0.15, 0.2) is 0 Å². The third kappa shape index (κ3) is 4.87. The van der Waals surface area contributed by atoms with Crippen LogP contribution in [0.15, 0.2) is 42.5 Å². The quantitative estimate of drug-likeness (QED) is 0.776. The van der Waals surface area contributed by atoms with Crippen molar-refractivity contribution in [3.63, 3.8) is 0 Å². The molecule has 122 valence electrons. The van der Waals surface area contributed by atoms with Crippen molar-refractivity contribution in [1.82, 2.24) is 0 Å². The lowest BCUT2D eigenvalue weighted by Gasteiger charge is -2.14. The van der Waals surface area contributed by atoms with Gasteiger partial charge in [-0.1, -0.05) is 56.3 Å². The zero-order valence-electron chi connectivity index (χ0n) is 14.2. The minimum absolute atomic E-state index is 0.0826. The van der Waals surface area contributed by atoms with E-state index < -0.39 is 0 Å². The van der Waals surface area contributed by atoms with E-state index in [2.05, 4.69) is 56.4 Å². The number of carbonyl (C=O) groups excluding carboxylic acids is 1. The van der Waals surface area contributed by atoms with Gasteiger partial charge in [0.05, 0.1) is 5.75 Å². The highest BCUT2D eigenvalue weighted by Gasteiger charge is 2.10. The minimum atomic E-state index is 0.0826. The van der Waals surface area contributed by atoms with Crippen LogP contribution in [0.5, 0.6) is 0 Å². The van der Waals surface area contributed by atoms with Gasteiger partial charge in [0.25, 0.3) is 0 Å². The number of anilines is 1. The molecule has 2 aromatic carbocycles. The maximum atomic E-state index is 12.3. The zero-order valence-corrected chi connectivity index (χ0v) is 15.0. The summed E-state index contributed by atoms with van der Waals surface area (Å²) in [4.78, 5) is 12.3. The second-order valence-electron chi connectivity index (χ2n) is 5.63. The second kappa shape index (κ2) is 8.78. The first-order valence-electron chi connectivity index (χ1n) is 8.18. The van der Waals surface area contributed by atoms with Gasteiger partial charge in [-0.15, -0.1) is 11.8 Å². The summed E-state index contributed by atoms with van der Waals surface area (Å²) in [5.74, 6) is 1.44. The largest absolute Gasteiger partial charge is 0.325 e. The fraction of sp³-hybridized carbons (Fsp3) is 0.350. The van der Waals surface area contributed by atoms with E-state index in [1.165, 1.54) is 22.3 Å². The van der Waals surface area contributed by atoms with Gasteiger partial charge in [-0.2, -0.15) is 0 Å². The van der Waals surface area contributed by atoms with Crippen molar-refractivity contribution < 1.29 is 4.79 Å². The van der Waals surface area contributed by atoms with Crippen LogP contribution in [0.3, 0.4) is 0 Å². The summed E-state index contributed by atoms with van der Waals surface area (Å²) in [5.41, 5.74) is 6.01. The monoisotopic (exact) mass is 327 g/mol. The molecule has 0 atom stereocenters. The topological polar surface area (TPSA) is 29.1 Å². The molecule has 0 saturated carbocycles. The van der Waals surface area contributed by atoms with Crippen molar-refractivity contribution >= 4 is 23.4 Å². The van der Waals surface area contributed by atoms with Crippen LogP contribution in [0.4, 0.5) is 5.69 Å². The average Bonchev–Trinajstić information content (AvgIpc) is 2.56. The van der Waals surface area contributed by atoms with E-state index in [4.69, 9.17) is 0 Å². The predicted molar refractivity (Wildman–Crippen MR) is 101 cm³/mol. The molecule has 2 aromatic rings. The van der Waals surface area contributed by atoms with Gasteiger partial charge < -0.3 is 5.32 Å². The number of hydrogen-bond donors (Lipinski definition) is 1. The van der Waals surface area contributed by atoms with Crippen molar-refractivity contribution in [3.8, 4) is 0 Å². The van der Waals surface area contributed by atoms with Crippen LogP contribution in [0.2, 0.25) is 0 Å². The molecule has 0 aromatic heterocycles. The van der Waals surface area contributed by atoms with Gasteiger partial charge in [-0.3, -0.25) is 4.79 Å². The Labute approximate surface area is 143 Å². The Morgan fingerprint density at radius 1 is 0.957 bits per heavy atom. The molecule has 1 N–H and O–H groups in total. The number of hydrogen-bond acceptors (Lipinski definition) is 2. The van der Waals surface area contributed by atoms with E-state index in [9.17, 15) is 4.79 Å². The van der Waals surface area contributed by atoms with Crippen molar-refractivity contribution in [2.45, 2.75) is 39.4 Å². The van der Waals surface area contributed by atoms with Gasteiger partial charge in [-0.25, -0.2) is 0 Å². The highest BCUT2D eigenvalue weighted by atomic mass is 32.2. The van der Waals surface area contributed by atoms with Crippen LogP contribution >= 0.6 is 11.8 Å². The summed E-state index contributed by atoms with van der Waals surface area (Å²) in [7, 11) is 0. The minimum Gasteiger partial charge on any atom is -0.325 e. The Bertz CT molecular complexity index is 644. The molecule has 0 unspecified atom stereocenters. The van der Waals surface area contributed by atoms with Crippen LogP contribution in [-0.4, -0.2) is 11.7 Å². The Morgan fingerprint density at radius 3 is 2.17 bits per heavy atom. The highest BCUT2D eigenvalue weighted by molar-refractivity contribution is 7.99. The second-order valence-corrected chi connectivity index (χ2v) is 6.61. The summed E-state index contributed by atoms with van der Waals surface area (Å²) in [6.45, 7) is 6.36. The third-order valence-electron chi connectivity index (χ3n) is 4.02. The van der Waals surface area contributed by atoms with E-state index in [0.717, 1.165) is 24.3 Å². The Balaban J connectivity index is 1.94. The van der Waals surface area contributed by atoms with Gasteiger partial charge >= 0.3 is 0 Å². The molecule has 3 heteroatoms. The molecule has 0 aliphatic rings. The van der Waals surface area contributed by atoms with Gasteiger partial charge in [0.1, 0.15) is 0 Å². The number of carbonyl (C=O) groups is 1. The molecule has 0 fully saturated rings. The van der Waals surface area contributed by atoms with E-state index in [0.29, 0.717) is 5.75 Å². The van der Waals surface area contributed by atoms with E-state index >= 15 is 0 Å². The van der Waals surface area contributed by atoms with E-state index in [1.54, 1.807) is 11.8 Å². The number of aryl methyl sites for hydroxylation is 3. The average molecular weight is 327 g/mol. The molecule has 1 amide bonds. The lowest BCUT2D eigenvalue weighted by Crippen LogP contribution is -2.17. The first-order valence-corrected chi connectivity index (χ1v) is 9.34. The molecule has 0 aliphatic carbocycles. The standard InChI is InChI=1S/C20H25NOS/c1-4-16-11-8-12-17(5-2)20(16)21-19(22)14-23-13-18-10-7-6-9-15(18)3/h6-12H,4-5,13-14H2,1-3H3,(H,21,22). The number of amides is 1. The lowest BCUT2D eigenvalue weighted by atomic mass is 10.0. The van der Waals surface area contributed by atoms with Gasteiger partial charge in [-0.05, 0) is 42.0 Å². The molecule has 2 nitrogen and oxygen atoms in total. The lowest BCUT2D eigenvalue weighted by molar-refractivity contribution is -0.113. The number of rotatable bonds is 7. The molecule has 0 aliphatic heterocycles. The summed E-state index contributed by atoms with van der Waals surface area (Å²) in [6, 6.07) is 14.6. The Morgan fingerprint density at radius 2 is 1.57 bits per heavy atom. The molecular weight excluding hydrogens is 302 g/mol. The number of nitrogens with one attached hydrogen (secondary N) is 1. The molecule has 23 heavy (non-hydrogen) atoms. The van der Waals surface area contributed by atoms with Crippen LogP contribution in [0.1, 0.15) is 36.1 Å². The van der Waals surface area contributed by atoms with E-state index in [-0.39, 0.29) is 5.91 Å². The molecule has 2 rings (SSSR count). The van der Waals surface area contributed by atoms with Gasteiger partial charge in [0.2, 0.25) is 5.91 Å². The molecule has 0 spiro atoms. The summed E-state index contributed by atoms with van der Waals surface area (Å²) < 4.78 is 0. The van der Waals surface area contributed by atoms with Crippen LogP contribution in [-0.2, 0) is 23.4 Å². The summed E-state index contributed by atoms with van der Waals surface area (Å²) in [5, 5.41) is 3.12. The molecular formula is C20H25NOS. The van der Waals surface area contributed by atoms with Crippen LogP contribution < -0.4 is 5.32 Å². The first kappa shape index (κ1) is 17.6. The molecule has 0 saturated heterocycles. The third-order valence-corrected chi connectivity index (χ3v) is 5.00. The van der Waals surface area contributed by atoms with Crippen molar-refractivity contribution in [1.29, 1.82) is 0 Å². The summed E-state index contributed by atoms with van der Waals surface area (Å²) >= 11 is 1.66. The molecule has 0 bridgehead atoms.